The molecule has 0 radical (unpaired) electrons. The van der Waals surface area contributed by atoms with Crippen molar-refractivity contribution in [2.24, 2.45) is 0 Å². The summed E-state index contributed by atoms with van der Waals surface area (Å²) < 4.78 is 7.02. The van der Waals surface area contributed by atoms with Crippen molar-refractivity contribution in [3.8, 4) is 0 Å². The Morgan fingerprint density at radius 3 is 2.64 bits per heavy atom. The Labute approximate surface area is 129 Å². The molecule has 1 amide bonds. The molecule has 2 heterocycles. The first-order valence-corrected chi connectivity index (χ1v) is 7.33. The van der Waals surface area contributed by atoms with Gasteiger partial charge in [0.05, 0.1) is 29.8 Å². The molecule has 2 rings (SSSR count). The second kappa shape index (κ2) is 6.08. The van der Waals surface area contributed by atoms with Crippen molar-refractivity contribution >= 4 is 11.9 Å². The van der Waals surface area contributed by atoms with Crippen LogP contribution >= 0.6 is 0 Å². The van der Waals surface area contributed by atoms with Crippen LogP contribution in [0.3, 0.4) is 0 Å². The summed E-state index contributed by atoms with van der Waals surface area (Å²) in [6.45, 7) is 6.41. The smallest absolute Gasteiger partial charge is 0.305 e. The molecule has 0 saturated carbocycles. The van der Waals surface area contributed by atoms with Gasteiger partial charge in [-0.1, -0.05) is 0 Å². The Balaban J connectivity index is 2.19. The van der Waals surface area contributed by atoms with Crippen LogP contribution in [0.2, 0.25) is 0 Å². The average Bonchev–Trinajstić information content (AvgIpc) is 3.02. The molecule has 2 atom stereocenters. The van der Waals surface area contributed by atoms with Crippen LogP contribution in [-0.2, 0) is 15.1 Å². The number of carboxylic acid groups (broad SMARTS) is 1. The second-order valence-corrected chi connectivity index (χ2v) is 6.65. The molecule has 0 unspecified atom stereocenters. The minimum absolute atomic E-state index is 0.0704. The summed E-state index contributed by atoms with van der Waals surface area (Å²) in [7, 11) is 1.58. The van der Waals surface area contributed by atoms with E-state index in [1.165, 1.54) is 6.20 Å². The van der Waals surface area contributed by atoms with Crippen LogP contribution in [-0.4, -0.2) is 57.5 Å². The first-order valence-electron chi connectivity index (χ1n) is 7.33. The molecule has 1 N–H and O–H groups in total. The number of carboxylic acids is 1. The van der Waals surface area contributed by atoms with Crippen LogP contribution in [0.15, 0.2) is 12.4 Å². The zero-order valence-electron chi connectivity index (χ0n) is 13.4. The van der Waals surface area contributed by atoms with Crippen molar-refractivity contribution in [2.45, 2.75) is 51.3 Å². The summed E-state index contributed by atoms with van der Waals surface area (Å²) in [5.41, 5.74) is 0.265. The summed E-state index contributed by atoms with van der Waals surface area (Å²) in [6, 6.07) is -0.340. The van der Waals surface area contributed by atoms with Gasteiger partial charge in [-0.05, 0) is 27.2 Å². The standard InChI is InChI=1S/C15H23N3O4/c1-15(2,3)18-8-10(7-16-18)14(21)17-9-12(22-4)5-11(17)6-13(19)20/h7-8,11-12H,5-6,9H2,1-4H3,(H,19,20)/t11-,12+/m1/s1. The van der Waals surface area contributed by atoms with E-state index in [1.54, 1.807) is 22.9 Å². The van der Waals surface area contributed by atoms with Crippen molar-refractivity contribution in [3.63, 3.8) is 0 Å². The predicted molar refractivity (Wildman–Crippen MR) is 79.7 cm³/mol. The van der Waals surface area contributed by atoms with E-state index in [0.717, 1.165) is 0 Å². The lowest BCUT2D eigenvalue weighted by atomic mass is 10.1. The zero-order valence-corrected chi connectivity index (χ0v) is 13.4. The van der Waals surface area contributed by atoms with Gasteiger partial charge in [-0.25, -0.2) is 0 Å². The van der Waals surface area contributed by atoms with E-state index in [2.05, 4.69) is 5.10 Å². The lowest BCUT2D eigenvalue weighted by Crippen LogP contribution is -2.37. The van der Waals surface area contributed by atoms with Crippen LogP contribution in [0.25, 0.3) is 0 Å². The van der Waals surface area contributed by atoms with Gasteiger partial charge in [0.15, 0.2) is 0 Å². The summed E-state index contributed by atoms with van der Waals surface area (Å²) >= 11 is 0. The third kappa shape index (κ3) is 3.47. The quantitative estimate of drug-likeness (QED) is 0.907. The van der Waals surface area contributed by atoms with Crippen LogP contribution in [0, 0.1) is 0 Å². The van der Waals surface area contributed by atoms with Gasteiger partial charge < -0.3 is 14.7 Å². The predicted octanol–water partition coefficient (Wildman–Crippen LogP) is 1.34. The average molecular weight is 309 g/mol. The Morgan fingerprint density at radius 2 is 2.14 bits per heavy atom. The number of carbonyl (C=O) groups excluding carboxylic acids is 1. The maximum atomic E-state index is 12.7. The summed E-state index contributed by atoms with van der Waals surface area (Å²) in [4.78, 5) is 25.2. The Kier molecular flexibility index (Phi) is 4.55. The van der Waals surface area contributed by atoms with E-state index in [4.69, 9.17) is 9.84 Å². The largest absolute Gasteiger partial charge is 0.481 e. The van der Waals surface area contributed by atoms with Gasteiger partial charge in [-0.15, -0.1) is 0 Å². The summed E-state index contributed by atoms with van der Waals surface area (Å²) in [5.74, 6) is -1.11. The van der Waals surface area contributed by atoms with Crippen molar-refractivity contribution in [1.29, 1.82) is 0 Å². The number of nitrogens with zero attached hydrogens (tertiary/aromatic N) is 3. The monoisotopic (exact) mass is 309 g/mol. The van der Waals surface area contributed by atoms with Gasteiger partial charge in [0.1, 0.15) is 0 Å². The molecule has 1 fully saturated rings. The summed E-state index contributed by atoms with van der Waals surface area (Å²) in [5, 5.41) is 13.2. The molecule has 1 aliphatic rings. The maximum absolute atomic E-state index is 12.7. The van der Waals surface area contributed by atoms with Crippen molar-refractivity contribution < 1.29 is 19.4 Å². The van der Waals surface area contributed by atoms with E-state index in [0.29, 0.717) is 18.5 Å². The Hall–Kier alpha value is -1.89. The molecule has 122 valence electrons. The molecular formula is C15H23N3O4. The first-order chi connectivity index (χ1) is 10.2. The highest BCUT2D eigenvalue weighted by molar-refractivity contribution is 5.94. The number of ether oxygens (including phenoxy) is 1. The van der Waals surface area contributed by atoms with Gasteiger partial charge in [0.25, 0.3) is 5.91 Å². The lowest BCUT2D eigenvalue weighted by Gasteiger charge is -2.23. The van der Waals surface area contributed by atoms with E-state index in [1.807, 2.05) is 20.8 Å². The van der Waals surface area contributed by atoms with Gasteiger partial charge in [-0.3, -0.25) is 14.3 Å². The number of methoxy groups -OCH3 is 1. The molecule has 0 aromatic carbocycles. The normalized spacial score (nSPS) is 22.1. The maximum Gasteiger partial charge on any atom is 0.305 e. The number of rotatable bonds is 4. The molecule has 0 aliphatic carbocycles. The number of hydrogen-bond donors (Lipinski definition) is 1. The van der Waals surface area contributed by atoms with Crippen molar-refractivity contribution in [3.05, 3.63) is 18.0 Å². The fourth-order valence-corrected chi connectivity index (χ4v) is 2.65. The topological polar surface area (TPSA) is 84.7 Å². The number of hydrogen-bond acceptors (Lipinski definition) is 4. The highest BCUT2D eigenvalue weighted by Gasteiger charge is 2.37. The Morgan fingerprint density at radius 1 is 1.45 bits per heavy atom. The molecular weight excluding hydrogens is 286 g/mol. The molecule has 1 aliphatic heterocycles. The number of likely N-dealkylation sites (tertiary alicyclic amines) is 1. The van der Waals surface area contributed by atoms with Crippen LogP contribution in [0.1, 0.15) is 44.0 Å². The lowest BCUT2D eigenvalue weighted by molar-refractivity contribution is -0.137. The van der Waals surface area contributed by atoms with Gasteiger partial charge in [0.2, 0.25) is 0 Å². The Bertz CT molecular complexity index is 561. The van der Waals surface area contributed by atoms with Crippen molar-refractivity contribution in [1.82, 2.24) is 14.7 Å². The number of amides is 1. The SMILES string of the molecule is CO[C@H]1C[C@H](CC(=O)O)N(C(=O)c2cnn(C(C)(C)C)c2)C1. The van der Waals surface area contributed by atoms with E-state index >= 15 is 0 Å². The molecule has 22 heavy (non-hydrogen) atoms. The fraction of sp³-hybridized carbons (Fsp3) is 0.667. The molecule has 1 aromatic rings. The van der Waals surface area contributed by atoms with Crippen LogP contribution in [0.4, 0.5) is 0 Å². The number of aromatic nitrogens is 2. The summed E-state index contributed by atoms with van der Waals surface area (Å²) in [6.07, 6.45) is 3.60. The zero-order chi connectivity index (χ0) is 16.5. The minimum Gasteiger partial charge on any atom is -0.481 e. The first kappa shape index (κ1) is 16.5. The highest BCUT2D eigenvalue weighted by atomic mass is 16.5. The van der Waals surface area contributed by atoms with E-state index in [-0.39, 0.29) is 30.0 Å². The minimum atomic E-state index is -0.912. The van der Waals surface area contributed by atoms with Crippen LogP contribution < -0.4 is 0 Å². The fourth-order valence-electron chi connectivity index (χ4n) is 2.65. The van der Waals surface area contributed by atoms with E-state index in [9.17, 15) is 9.59 Å². The van der Waals surface area contributed by atoms with Crippen LogP contribution in [0.5, 0.6) is 0 Å². The third-order valence-corrected chi connectivity index (χ3v) is 3.90. The highest BCUT2D eigenvalue weighted by Crippen LogP contribution is 2.25. The molecule has 0 bridgehead atoms. The molecule has 1 aromatic heterocycles. The van der Waals surface area contributed by atoms with E-state index < -0.39 is 5.97 Å². The van der Waals surface area contributed by atoms with Gasteiger partial charge in [-0.2, -0.15) is 5.10 Å². The molecule has 1 saturated heterocycles. The number of carbonyl (C=O) groups is 2. The van der Waals surface area contributed by atoms with Gasteiger partial charge >= 0.3 is 5.97 Å². The van der Waals surface area contributed by atoms with Gasteiger partial charge in [0, 0.05) is 25.9 Å². The van der Waals surface area contributed by atoms with Crippen molar-refractivity contribution in [2.75, 3.05) is 13.7 Å². The third-order valence-electron chi connectivity index (χ3n) is 3.90. The molecule has 7 heteroatoms. The number of aliphatic carboxylic acids is 1. The molecule has 7 nitrogen and oxygen atoms in total. The second-order valence-electron chi connectivity index (χ2n) is 6.65. The molecule has 0 spiro atoms.